The molecule has 1 aromatic heterocycles. The van der Waals surface area contributed by atoms with E-state index in [2.05, 4.69) is 10.2 Å². The molecule has 3 nitrogen and oxygen atoms in total. The van der Waals surface area contributed by atoms with Crippen LogP contribution in [0, 0.1) is 5.82 Å². The summed E-state index contributed by atoms with van der Waals surface area (Å²) < 4.78 is 56.0. The second-order valence-electron chi connectivity index (χ2n) is 4.32. The van der Waals surface area contributed by atoms with Crippen molar-refractivity contribution >= 4 is 22.7 Å². The molecular formula is C14H8F4N2OS. The van der Waals surface area contributed by atoms with E-state index in [1.807, 2.05) is 0 Å². The Morgan fingerprint density at radius 3 is 2.45 bits per heavy atom. The molecule has 114 valence electrons. The molecule has 0 radical (unpaired) electrons. The van der Waals surface area contributed by atoms with E-state index in [0.29, 0.717) is 16.9 Å². The average molecular weight is 328 g/mol. The number of hydrogen-bond acceptors (Lipinski definition) is 3. The number of rotatable bonds is 3. The van der Waals surface area contributed by atoms with Crippen molar-refractivity contribution in [1.29, 1.82) is 0 Å². The van der Waals surface area contributed by atoms with Crippen LogP contribution in [0.4, 0.5) is 17.6 Å². The molecule has 3 rings (SSSR count). The van der Waals surface area contributed by atoms with Crippen LogP contribution < -0.4 is 4.74 Å². The van der Waals surface area contributed by atoms with Crippen molar-refractivity contribution in [1.82, 2.24) is 10.2 Å². The van der Waals surface area contributed by atoms with Crippen LogP contribution in [-0.2, 0) is 0 Å². The first-order chi connectivity index (χ1) is 10.4. The molecule has 0 aliphatic rings. The van der Waals surface area contributed by atoms with E-state index in [4.69, 9.17) is 4.74 Å². The summed E-state index contributed by atoms with van der Waals surface area (Å²) in [5.41, 5.74) is -4.15. The molecule has 0 unspecified atom stereocenters. The Labute approximate surface area is 126 Å². The second-order valence-corrected chi connectivity index (χ2v) is 5.43. The number of alkyl halides is 3. The zero-order valence-corrected chi connectivity index (χ0v) is 11.6. The molecule has 0 fully saturated rings. The molecule has 1 heterocycles. The zero-order chi connectivity index (χ0) is 15.7. The highest BCUT2D eigenvalue weighted by Gasteiger charge is 2.30. The van der Waals surface area contributed by atoms with Gasteiger partial charge in [-0.15, -0.1) is 0 Å². The Balaban J connectivity index is 1.96. The Bertz CT molecular complexity index is 799. The first-order valence-corrected chi connectivity index (χ1v) is 6.89. The number of nitrogens with one attached hydrogen (secondary N) is 1. The maximum Gasteiger partial charge on any atom is 0.446 e. The third-order valence-electron chi connectivity index (χ3n) is 2.80. The fraction of sp³-hybridized carbons (Fsp3) is 0.0714. The number of thioether (sulfide) groups is 1. The van der Waals surface area contributed by atoms with Crippen molar-refractivity contribution in [3.8, 4) is 11.5 Å². The van der Waals surface area contributed by atoms with Gasteiger partial charge in [0.25, 0.3) is 0 Å². The number of aromatic amines is 1. The van der Waals surface area contributed by atoms with Gasteiger partial charge in [-0.25, -0.2) is 4.39 Å². The molecule has 1 N–H and O–H groups in total. The predicted octanol–water partition coefficient (Wildman–Crippen LogP) is 5.11. The van der Waals surface area contributed by atoms with Gasteiger partial charge >= 0.3 is 5.51 Å². The van der Waals surface area contributed by atoms with Crippen molar-refractivity contribution in [2.45, 2.75) is 10.4 Å². The van der Waals surface area contributed by atoms with Crippen molar-refractivity contribution in [3.05, 3.63) is 48.4 Å². The third-order valence-corrected chi connectivity index (χ3v) is 3.60. The minimum atomic E-state index is -4.39. The highest BCUT2D eigenvalue weighted by molar-refractivity contribution is 8.00. The Hall–Kier alpha value is -2.22. The van der Waals surface area contributed by atoms with Gasteiger partial charge in [-0.3, -0.25) is 5.10 Å². The number of aromatic nitrogens is 2. The third kappa shape index (κ3) is 3.16. The van der Waals surface area contributed by atoms with Gasteiger partial charge in [0.1, 0.15) is 17.3 Å². The summed E-state index contributed by atoms with van der Waals surface area (Å²) in [5.74, 6) is 0.305. The lowest BCUT2D eigenvalue weighted by atomic mass is 10.2. The van der Waals surface area contributed by atoms with Gasteiger partial charge in [0, 0.05) is 4.90 Å². The summed E-state index contributed by atoms with van der Waals surface area (Å²) in [6.45, 7) is 0. The monoisotopic (exact) mass is 328 g/mol. The molecule has 0 aliphatic carbocycles. The quantitative estimate of drug-likeness (QED) is 0.536. The van der Waals surface area contributed by atoms with Crippen LogP contribution in [0.5, 0.6) is 11.5 Å². The van der Waals surface area contributed by atoms with Crippen LogP contribution in [0.25, 0.3) is 10.9 Å². The van der Waals surface area contributed by atoms with Gasteiger partial charge in [-0.05, 0) is 48.2 Å². The fourth-order valence-electron chi connectivity index (χ4n) is 1.91. The van der Waals surface area contributed by atoms with Crippen LogP contribution in [0.2, 0.25) is 0 Å². The highest BCUT2D eigenvalue weighted by atomic mass is 32.2. The van der Waals surface area contributed by atoms with Crippen molar-refractivity contribution < 1.29 is 22.3 Å². The number of nitrogens with zero attached hydrogens (tertiary/aromatic N) is 1. The molecule has 22 heavy (non-hydrogen) atoms. The maximum absolute atomic E-state index is 12.9. The summed E-state index contributed by atoms with van der Waals surface area (Å²) in [7, 11) is 0. The number of fused-ring (bicyclic) bond motifs is 1. The molecular weight excluding hydrogens is 320 g/mol. The maximum atomic E-state index is 12.9. The molecule has 8 heteroatoms. The highest BCUT2D eigenvalue weighted by Crippen LogP contribution is 2.42. The smallest absolute Gasteiger partial charge is 0.446 e. The van der Waals surface area contributed by atoms with Crippen LogP contribution in [0.15, 0.2) is 47.5 Å². The molecule has 2 aromatic carbocycles. The normalized spacial score (nSPS) is 11.8. The number of H-pyrrole nitrogens is 1. The lowest BCUT2D eigenvalue weighted by Crippen LogP contribution is -1.99. The molecule has 0 spiro atoms. The minimum Gasteiger partial charge on any atom is -0.457 e. The van der Waals surface area contributed by atoms with E-state index in [1.165, 1.54) is 42.6 Å². The molecule has 0 amide bonds. The first-order valence-electron chi connectivity index (χ1n) is 6.07. The second kappa shape index (κ2) is 5.53. The standard InChI is InChI=1S/C14H8F4N2OS/c15-8-1-3-9(4-2-8)21-11-5-6-12(22-14(16,17)18)13-10(11)7-19-20-13/h1-7H,(H,19,20). The number of hydrogen-bond donors (Lipinski definition) is 1. The van der Waals surface area contributed by atoms with Crippen LogP contribution in [0.3, 0.4) is 0 Å². The predicted molar refractivity (Wildman–Crippen MR) is 74.5 cm³/mol. The van der Waals surface area contributed by atoms with Crippen LogP contribution in [0.1, 0.15) is 0 Å². The van der Waals surface area contributed by atoms with E-state index in [0.717, 1.165) is 0 Å². The lowest BCUT2D eigenvalue weighted by Gasteiger charge is -2.10. The molecule has 0 saturated carbocycles. The van der Waals surface area contributed by atoms with Crippen LogP contribution in [-0.4, -0.2) is 15.7 Å². The molecule has 0 atom stereocenters. The van der Waals surface area contributed by atoms with Gasteiger partial charge in [0.15, 0.2) is 0 Å². The van der Waals surface area contributed by atoms with E-state index in [9.17, 15) is 17.6 Å². The topological polar surface area (TPSA) is 37.9 Å². The first kappa shape index (κ1) is 14.7. The summed E-state index contributed by atoms with van der Waals surface area (Å²) in [6.07, 6.45) is 1.38. The van der Waals surface area contributed by atoms with Crippen molar-refractivity contribution in [3.63, 3.8) is 0 Å². The van der Waals surface area contributed by atoms with Crippen molar-refractivity contribution in [2.75, 3.05) is 0 Å². The molecule has 0 aliphatic heterocycles. The largest absolute Gasteiger partial charge is 0.457 e. The Morgan fingerprint density at radius 2 is 1.77 bits per heavy atom. The Kier molecular flexibility index (Phi) is 3.69. The van der Waals surface area contributed by atoms with Gasteiger partial charge in [-0.2, -0.15) is 18.3 Å². The minimum absolute atomic E-state index is 0.00598. The summed E-state index contributed by atoms with van der Waals surface area (Å²) >= 11 is -0.225. The van der Waals surface area contributed by atoms with Gasteiger partial charge in [0.2, 0.25) is 0 Å². The molecule has 0 saturated heterocycles. The summed E-state index contributed by atoms with van der Waals surface area (Å²) in [4.78, 5) is 0.00598. The lowest BCUT2D eigenvalue weighted by molar-refractivity contribution is -0.0327. The van der Waals surface area contributed by atoms with Gasteiger partial charge < -0.3 is 4.74 Å². The number of benzene rings is 2. The number of halogens is 4. The fourth-order valence-corrected chi connectivity index (χ4v) is 2.56. The van der Waals surface area contributed by atoms with Crippen LogP contribution >= 0.6 is 11.8 Å². The molecule has 3 aromatic rings. The van der Waals surface area contributed by atoms with E-state index in [-0.39, 0.29) is 22.2 Å². The van der Waals surface area contributed by atoms with E-state index < -0.39 is 11.3 Å². The summed E-state index contributed by atoms with van der Waals surface area (Å²) in [6, 6.07) is 8.05. The van der Waals surface area contributed by atoms with E-state index in [1.54, 1.807) is 0 Å². The zero-order valence-electron chi connectivity index (χ0n) is 10.8. The number of ether oxygens (including phenoxy) is 1. The summed E-state index contributed by atoms with van der Waals surface area (Å²) in [5, 5.41) is 6.71. The van der Waals surface area contributed by atoms with Gasteiger partial charge in [0.05, 0.1) is 17.1 Å². The van der Waals surface area contributed by atoms with E-state index >= 15 is 0 Å². The SMILES string of the molecule is Fc1ccc(Oc2ccc(SC(F)(F)F)c3[nH]ncc23)cc1. The average Bonchev–Trinajstić information content (AvgIpc) is 2.92. The Morgan fingerprint density at radius 1 is 1.05 bits per heavy atom. The van der Waals surface area contributed by atoms with Crippen molar-refractivity contribution in [2.24, 2.45) is 0 Å². The van der Waals surface area contributed by atoms with Gasteiger partial charge in [-0.1, -0.05) is 0 Å². The molecule has 0 bridgehead atoms.